The number of aromatic nitrogens is 1. The predicted molar refractivity (Wildman–Crippen MR) is 105 cm³/mol. The molecule has 1 heterocycles. The molecule has 0 saturated heterocycles. The van der Waals surface area contributed by atoms with E-state index < -0.39 is 11.7 Å². The number of benzene rings is 2. The number of methoxy groups -OCH3 is 1. The molecule has 0 spiro atoms. The number of rotatable bonds is 5. The summed E-state index contributed by atoms with van der Waals surface area (Å²) in [4.78, 5) is 17.2. The number of ether oxygens (including phenoxy) is 1. The predicted octanol–water partition coefficient (Wildman–Crippen LogP) is 4.53. The molecule has 0 saturated carbocycles. The highest BCUT2D eigenvalue weighted by molar-refractivity contribution is 7.07. The molecule has 1 amide bonds. The summed E-state index contributed by atoms with van der Waals surface area (Å²) in [5.74, 6) is 0.506. The van der Waals surface area contributed by atoms with E-state index in [0.717, 1.165) is 17.8 Å². The first-order valence-corrected chi connectivity index (χ1v) is 9.43. The van der Waals surface area contributed by atoms with Gasteiger partial charge >= 0.3 is 6.18 Å². The van der Waals surface area contributed by atoms with Gasteiger partial charge in [-0.15, -0.1) is 11.3 Å². The number of nitrogens with one attached hydrogen (secondary N) is 1. The molecule has 1 aromatic heterocycles. The van der Waals surface area contributed by atoms with Gasteiger partial charge in [0, 0.05) is 23.8 Å². The summed E-state index contributed by atoms with van der Waals surface area (Å²) in [7, 11) is 3.33. The van der Waals surface area contributed by atoms with Crippen LogP contribution in [-0.4, -0.2) is 17.6 Å². The van der Waals surface area contributed by atoms with Gasteiger partial charge in [-0.3, -0.25) is 4.79 Å². The molecule has 0 aliphatic heterocycles. The standard InChI is InChI=1S/C20H18F3N3O2S/c1-26-16(11-18(27)24-14-7-9-17(28-2)10-8-14)12-29-19(26)25-15-5-3-13(4-6-15)20(21,22)23/h3-10,12H,11H2,1-2H3,(H,24,27). The second-order valence-corrected chi connectivity index (χ2v) is 7.02. The van der Waals surface area contributed by atoms with Crippen molar-refractivity contribution in [3.8, 4) is 5.75 Å². The average Bonchev–Trinajstić information content (AvgIpc) is 3.01. The number of anilines is 1. The number of hydrogen-bond acceptors (Lipinski definition) is 4. The second-order valence-electron chi connectivity index (χ2n) is 6.18. The van der Waals surface area contributed by atoms with Crippen LogP contribution >= 0.6 is 11.3 Å². The molecule has 0 fully saturated rings. The molecular formula is C20H18F3N3O2S. The number of amides is 1. The van der Waals surface area contributed by atoms with Gasteiger partial charge in [0.05, 0.1) is 24.8 Å². The van der Waals surface area contributed by atoms with Crippen molar-refractivity contribution in [2.75, 3.05) is 12.4 Å². The third-order valence-electron chi connectivity index (χ3n) is 4.15. The largest absolute Gasteiger partial charge is 0.497 e. The van der Waals surface area contributed by atoms with Crippen molar-refractivity contribution in [1.29, 1.82) is 0 Å². The van der Waals surface area contributed by atoms with Crippen molar-refractivity contribution in [3.63, 3.8) is 0 Å². The van der Waals surface area contributed by atoms with E-state index in [1.54, 1.807) is 48.4 Å². The Labute approximate surface area is 169 Å². The van der Waals surface area contributed by atoms with E-state index in [1.165, 1.54) is 23.5 Å². The summed E-state index contributed by atoms with van der Waals surface area (Å²) in [6.45, 7) is 0. The second kappa shape index (κ2) is 8.52. The van der Waals surface area contributed by atoms with Crippen LogP contribution in [0.3, 0.4) is 0 Å². The quantitative estimate of drug-likeness (QED) is 0.658. The van der Waals surface area contributed by atoms with Gasteiger partial charge in [-0.25, -0.2) is 4.99 Å². The van der Waals surface area contributed by atoms with E-state index in [1.807, 2.05) is 0 Å². The molecule has 0 atom stereocenters. The van der Waals surface area contributed by atoms with Crippen molar-refractivity contribution < 1.29 is 22.7 Å². The molecule has 0 unspecified atom stereocenters. The molecule has 1 N–H and O–H groups in total. The Balaban J connectivity index is 1.71. The van der Waals surface area contributed by atoms with E-state index in [9.17, 15) is 18.0 Å². The Kier molecular flexibility index (Phi) is 6.07. The maximum atomic E-state index is 12.7. The van der Waals surface area contributed by atoms with Gasteiger partial charge in [-0.2, -0.15) is 13.2 Å². The molecule has 29 heavy (non-hydrogen) atoms. The summed E-state index contributed by atoms with van der Waals surface area (Å²) in [6, 6.07) is 11.6. The molecule has 0 bridgehead atoms. The highest BCUT2D eigenvalue weighted by atomic mass is 32.1. The number of halogens is 3. The first-order valence-electron chi connectivity index (χ1n) is 8.55. The highest BCUT2D eigenvalue weighted by Crippen LogP contribution is 2.30. The van der Waals surface area contributed by atoms with Crippen LogP contribution in [0.5, 0.6) is 5.75 Å². The maximum Gasteiger partial charge on any atom is 0.416 e. The van der Waals surface area contributed by atoms with Crippen molar-refractivity contribution in [1.82, 2.24) is 4.57 Å². The summed E-state index contributed by atoms with van der Waals surface area (Å²) in [6.07, 6.45) is -4.24. The smallest absolute Gasteiger partial charge is 0.416 e. The normalized spacial score (nSPS) is 12.1. The van der Waals surface area contributed by atoms with Crippen LogP contribution in [0, 0.1) is 0 Å². The summed E-state index contributed by atoms with van der Waals surface area (Å²) in [5.41, 5.74) is 1.09. The summed E-state index contributed by atoms with van der Waals surface area (Å²) in [5, 5.41) is 4.61. The number of thiazole rings is 1. The zero-order valence-corrected chi connectivity index (χ0v) is 16.5. The van der Waals surface area contributed by atoms with Crippen molar-refractivity contribution in [2.24, 2.45) is 12.0 Å². The lowest BCUT2D eigenvalue weighted by Gasteiger charge is -2.07. The van der Waals surface area contributed by atoms with E-state index in [0.29, 0.717) is 21.9 Å². The Hall–Kier alpha value is -3.07. The average molecular weight is 421 g/mol. The van der Waals surface area contributed by atoms with Crippen LogP contribution in [0.25, 0.3) is 0 Å². The highest BCUT2D eigenvalue weighted by Gasteiger charge is 2.29. The Morgan fingerprint density at radius 3 is 2.38 bits per heavy atom. The number of alkyl halides is 3. The first-order chi connectivity index (χ1) is 13.8. The molecule has 152 valence electrons. The van der Waals surface area contributed by atoms with Crippen LogP contribution < -0.4 is 14.9 Å². The van der Waals surface area contributed by atoms with Gasteiger partial charge in [0.15, 0.2) is 4.80 Å². The van der Waals surface area contributed by atoms with E-state index in [4.69, 9.17) is 4.74 Å². The minimum absolute atomic E-state index is 0.140. The van der Waals surface area contributed by atoms with Crippen LogP contribution in [0.1, 0.15) is 11.3 Å². The molecule has 3 aromatic rings. The fourth-order valence-corrected chi connectivity index (χ4v) is 3.46. The Morgan fingerprint density at radius 1 is 1.14 bits per heavy atom. The number of carbonyl (C=O) groups excluding carboxylic acids is 1. The monoisotopic (exact) mass is 421 g/mol. The molecule has 3 rings (SSSR count). The topological polar surface area (TPSA) is 55.6 Å². The molecule has 9 heteroatoms. The third kappa shape index (κ3) is 5.26. The molecule has 0 aliphatic carbocycles. The van der Waals surface area contributed by atoms with Gasteiger partial charge in [0.2, 0.25) is 5.91 Å². The fraction of sp³-hybridized carbons (Fsp3) is 0.200. The van der Waals surface area contributed by atoms with Gasteiger partial charge < -0.3 is 14.6 Å². The van der Waals surface area contributed by atoms with Crippen molar-refractivity contribution in [2.45, 2.75) is 12.6 Å². The molecule has 5 nitrogen and oxygen atoms in total. The summed E-state index contributed by atoms with van der Waals surface area (Å²) >= 11 is 1.31. The lowest BCUT2D eigenvalue weighted by molar-refractivity contribution is -0.137. The number of hydrogen-bond donors (Lipinski definition) is 1. The van der Waals surface area contributed by atoms with Gasteiger partial charge in [0.25, 0.3) is 0 Å². The lowest BCUT2D eigenvalue weighted by Crippen LogP contribution is -2.19. The van der Waals surface area contributed by atoms with E-state index >= 15 is 0 Å². The van der Waals surface area contributed by atoms with Gasteiger partial charge in [-0.05, 0) is 48.5 Å². The lowest BCUT2D eigenvalue weighted by atomic mass is 10.2. The zero-order valence-electron chi connectivity index (χ0n) is 15.7. The van der Waals surface area contributed by atoms with Crippen LogP contribution in [0.4, 0.5) is 24.5 Å². The molecule has 0 radical (unpaired) electrons. The first kappa shape index (κ1) is 20.7. The fourth-order valence-electron chi connectivity index (χ4n) is 2.54. The minimum atomic E-state index is -4.38. The molecule has 0 aliphatic rings. The summed E-state index contributed by atoms with van der Waals surface area (Å²) < 4.78 is 44.8. The van der Waals surface area contributed by atoms with Crippen molar-refractivity contribution in [3.05, 3.63) is 70.0 Å². The third-order valence-corrected chi connectivity index (χ3v) is 5.12. The Morgan fingerprint density at radius 2 is 1.79 bits per heavy atom. The van der Waals surface area contributed by atoms with Crippen LogP contribution in [0.15, 0.2) is 58.9 Å². The van der Waals surface area contributed by atoms with Crippen LogP contribution in [-0.2, 0) is 24.4 Å². The molecule has 2 aromatic carbocycles. The van der Waals surface area contributed by atoms with Gasteiger partial charge in [-0.1, -0.05) is 0 Å². The van der Waals surface area contributed by atoms with Gasteiger partial charge in [0.1, 0.15) is 5.75 Å². The molecular weight excluding hydrogens is 403 g/mol. The van der Waals surface area contributed by atoms with E-state index in [-0.39, 0.29) is 12.3 Å². The Bertz CT molecular complexity index is 1050. The van der Waals surface area contributed by atoms with Crippen LogP contribution in [0.2, 0.25) is 0 Å². The number of nitrogens with zero attached hydrogens (tertiary/aromatic N) is 2. The number of carbonyl (C=O) groups is 1. The maximum absolute atomic E-state index is 12.7. The van der Waals surface area contributed by atoms with E-state index in [2.05, 4.69) is 10.3 Å². The zero-order chi connectivity index (χ0) is 21.0. The SMILES string of the molecule is COc1ccc(NC(=O)Cc2csc(=Nc3ccc(C(F)(F)F)cc3)n2C)cc1. The van der Waals surface area contributed by atoms with Crippen molar-refractivity contribution >= 4 is 28.6 Å². The minimum Gasteiger partial charge on any atom is -0.497 e.